The molecule has 6 heteroatoms. The van der Waals surface area contributed by atoms with E-state index in [1.54, 1.807) is 36.4 Å². The van der Waals surface area contributed by atoms with E-state index >= 15 is 0 Å². The molecule has 1 aliphatic rings. The van der Waals surface area contributed by atoms with E-state index in [4.69, 9.17) is 0 Å². The Kier molecular flexibility index (Phi) is 5.00. The summed E-state index contributed by atoms with van der Waals surface area (Å²) in [5.74, 6) is -0.490. The van der Waals surface area contributed by atoms with E-state index in [0.717, 1.165) is 0 Å². The van der Waals surface area contributed by atoms with Crippen LogP contribution >= 0.6 is 11.8 Å². The number of carbonyl (C=O) groups excluding carboxylic acids is 1. The van der Waals surface area contributed by atoms with E-state index in [2.05, 4.69) is 11.6 Å². The minimum absolute atomic E-state index is 0.141. The highest BCUT2D eigenvalue weighted by Crippen LogP contribution is 2.34. The second kappa shape index (κ2) is 7.36. The molecule has 0 aliphatic carbocycles. The molecule has 1 saturated heterocycles. The number of amides is 1. The first-order valence-corrected chi connectivity index (χ1v) is 8.34. The molecule has 25 heavy (non-hydrogen) atoms. The summed E-state index contributed by atoms with van der Waals surface area (Å²) in [5, 5.41) is 9.84. The lowest BCUT2D eigenvalue weighted by molar-refractivity contribution is -0.121. The number of thioether (sulfide) groups is 1. The van der Waals surface area contributed by atoms with Gasteiger partial charge in [-0.25, -0.2) is 9.38 Å². The molecule has 1 amide bonds. The lowest BCUT2D eigenvalue weighted by Gasteiger charge is -2.12. The maximum absolute atomic E-state index is 13.8. The quantitative estimate of drug-likeness (QED) is 0.657. The predicted octanol–water partition coefficient (Wildman–Crippen LogP) is 4.32. The van der Waals surface area contributed by atoms with Crippen LogP contribution in [0.4, 0.5) is 10.1 Å². The molecule has 0 radical (unpaired) electrons. The fraction of sp³-hybridized carbons (Fsp3) is 0.0526. The molecule has 4 nitrogen and oxygen atoms in total. The van der Waals surface area contributed by atoms with Crippen LogP contribution in [-0.2, 0) is 4.79 Å². The number of aliphatic imine (C=N–C) groups is 1. The highest BCUT2D eigenvalue weighted by molar-refractivity contribution is 8.18. The second-order valence-corrected chi connectivity index (χ2v) is 6.26. The van der Waals surface area contributed by atoms with Crippen molar-refractivity contribution in [2.24, 2.45) is 4.99 Å². The second-order valence-electron chi connectivity index (χ2n) is 5.25. The third kappa shape index (κ3) is 3.80. The smallest absolute Gasteiger partial charge is 0.267 e. The van der Waals surface area contributed by atoms with Crippen LogP contribution in [0.5, 0.6) is 5.75 Å². The molecular formula is C19H15FN2O2S. The molecule has 0 unspecified atom stereocenters. The fourth-order valence-corrected chi connectivity index (χ4v) is 3.25. The molecule has 2 aromatic carbocycles. The molecule has 2 aromatic rings. The summed E-state index contributed by atoms with van der Waals surface area (Å²) in [6.07, 6.45) is 3.13. The van der Waals surface area contributed by atoms with Gasteiger partial charge in [-0.3, -0.25) is 9.69 Å². The number of aromatic hydroxyl groups is 1. The highest BCUT2D eigenvalue weighted by Gasteiger charge is 2.32. The summed E-state index contributed by atoms with van der Waals surface area (Å²) in [6, 6.07) is 12.6. The van der Waals surface area contributed by atoms with Gasteiger partial charge in [-0.05, 0) is 48.2 Å². The van der Waals surface area contributed by atoms with Gasteiger partial charge in [0.1, 0.15) is 11.6 Å². The van der Waals surface area contributed by atoms with Crippen LogP contribution in [0.15, 0.2) is 71.1 Å². The maximum atomic E-state index is 13.8. The van der Waals surface area contributed by atoms with Crippen LogP contribution < -0.4 is 0 Å². The van der Waals surface area contributed by atoms with Gasteiger partial charge in [0.05, 0.1) is 10.6 Å². The molecule has 126 valence electrons. The summed E-state index contributed by atoms with van der Waals surface area (Å²) in [4.78, 5) is 18.9. The minimum Gasteiger partial charge on any atom is -0.508 e. The van der Waals surface area contributed by atoms with Crippen molar-refractivity contribution in [1.29, 1.82) is 0 Å². The Morgan fingerprint density at radius 2 is 1.92 bits per heavy atom. The Morgan fingerprint density at radius 1 is 1.20 bits per heavy atom. The molecule has 3 rings (SSSR count). The largest absolute Gasteiger partial charge is 0.508 e. The van der Waals surface area contributed by atoms with Crippen molar-refractivity contribution in [3.8, 4) is 5.75 Å². The van der Waals surface area contributed by atoms with E-state index in [0.29, 0.717) is 27.9 Å². The SMILES string of the molecule is C=CCN1C(=O)/C(=C/c2ccccc2F)SC1=Nc1ccc(O)cc1. The zero-order chi connectivity index (χ0) is 17.8. The Morgan fingerprint density at radius 3 is 2.60 bits per heavy atom. The Labute approximate surface area is 149 Å². The van der Waals surface area contributed by atoms with Crippen molar-refractivity contribution >= 4 is 34.6 Å². The number of hydrogen-bond acceptors (Lipinski definition) is 4. The van der Waals surface area contributed by atoms with Gasteiger partial charge in [0.25, 0.3) is 5.91 Å². The fourth-order valence-electron chi connectivity index (χ4n) is 2.25. The lowest BCUT2D eigenvalue weighted by Crippen LogP contribution is -2.29. The monoisotopic (exact) mass is 354 g/mol. The molecule has 0 saturated carbocycles. The van der Waals surface area contributed by atoms with Crippen molar-refractivity contribution in [2.75, 3.05) is 6.54 Å². The molecule has 0 spiro atoms. The van der Waals surface area contributed by atoms with E-state index in [-0.39, 0.29) is 17.5 Å². The summed E-state index contributed by atoms with van der Waals surface area (Å²) < 4.78 is 13.8. The molecule has 0 bridgehead atoms. The number of carbonyl (C=O) groups is 1. The number of phenolic OH excluding ortho intramolecular Hbond substituents is 1. The van der Waals surface area contributed by atoms with E-state index in [1.165, 1.54) is 40.9 Å². The van der Waals surface area contributed by atoms with Gasteiger partial charge in [0.2, 0.25) is 0 Å². The number of nitrogens with zero attached hydrogens (tertiary/aromatic N) is 2. The number of rotatable bonds is 4. The Hall–Kier alpha value is -2.86. The minimum atomic E-state index is -0.386. The van der Waals surface area contributed by atoms with E-state index < -0.39 is 0 Å². The number of amidine groups is 1. The standard InChI is InChI=1S/C19H15FN2O2S/c1-2-11-22-18(24)17(12-13-5-3-4-6-16(13)20)25-19(22)21-14-7-9-15(23)10-8-14/h2-10,12,23H,1,11H2/b17-12-,21-19?. The van der Waals surface area contributed by atoms with Crippen molar-refractivity contribution < 1.29 is 14.3 Å². The van der Waals surface area contributed by atoms with Gasteiger partial charge in [-0.15, -0.1) is 6.58 Å². The molecule has 1 heterocycles. The van der Waals surface area contributed by atoms with Gasteiger partial charge in [0, 0.05) is 12.1 Å². The van der Waals surface area contributed by atoms with Gasteiger partial charge in [0.15, 0.2) is 5.17 Å². The average molecular weight is 354 g/mol. The van der Waals surface area contributed by atoms with Crippen molar-refractivity contribution in [2.45, 2.75) is 0 Å². The van der Waals surface area contributed by atoms with Crippen LogP contribution in [0.25, 0.3) is 6.08 Å². The van der Waals surface area contributed by atoms with Crippen LogP contribution in [0.1, 0.15) is 5.56 Å². The highest BCUT2D eigenvalue weighted by atomic mass is 32.2. The molecular weight excluding hydrogens is 339 g/mol. The van der Waals surface area contributed by atoms with E-state index in [1.807, 2.05) is 0 Å². The van der Waals surface area contributed by atoms with Crippen molar-refractivity contribution in [1.82, 2.24) is 4.90 Å². The molecule has 1 aliphatic heterocycles. The first-order chi connectivity index (χ1) is 12.1. The molecule has 1 N–H and O–H groups in total. The first-order valence-electron chi connectivity index (χ1n) is 7.53. The molecule has 0 aromatic heterocycles. The van der Waals surface area contributed by atoms with Gasteiger partial charge < -0.3 is 5.11 Å². The number of phenols is 1. The zero-order valence-corrected chi connectivity index (χ0v) is 14.0. The normalized spacial score (nSPS) is 17.5. The summed E-state index contributed by atoms with van der Waals surface area (Å²) in [5.41, 5.74) is 0.956. The Balaban J connectivity index is 1.96. The zero-order valence-electron chi connectivity index (χ0n) is 13.2. The van der Waals surface area contributed by atoms with Crippen LogP contribution in [0.2, 0.25) is 0 Å². The van der Waals surface area contributed by atoms with Gasteiger partial charge in [-0.1, -0.05) is 24.3 Å². The van der Waals surface area contributed by atoms with Crippen LogP contribution in [-0.4, -0.2) is 27.6 Å². The van der Waals surface area contributed by atoms with Crippen molar-refractivity contribution in [3.63, 3.8) is 0 Å². The molecule has 1 fully saturated rings. The number of halogens is 1. The third-order valence-corrected chi connectivity index (χ3v) is 4.47. The maximum Gasteiger partial charge on any atom is 0.267 e. The van der Waals surface area contributed by atoms with Gasteiger partial charge >= 0.3 is 0 Å². The third-order valence-electron chi connectivity index (χ3n) is 3.47. The van der Waals surface area contributed by atoms with Crippen molar-refractivity contribution in [3.05, 3.63) is 77.5 Å². The Bertz CT molecular complexity index is 875. The van der Waals surface area contributed by atoms with Crippen LogP contribution in [0.3, 0.4) is 0 Å². The first kappa shape index (κ1) is 17.0. The number of hydrogen-bond donors (Lipinski definition) is 1. The predicted molar refractivity (Wildman–Crippen MR) is 99.1 cm³/mol. The lowest BCUT2D eigenvalue weighted by atomic mass is 10.2. The summed E-state index contributed by atoms with van der Waals surface area (Å²) in [7, 11) is 0. The van der Waals surface area contributed by atoms with E-state index in [9.17, 15) is 14.3 Å². The van der Waals surface area contributed by atoms with Gasteiger partial charge in [-0.2, -0.15) is 0 Å². The topological polar surface area (TPSA) is 52.9 Å². The average Bonchev–Trinajstić information content (AvgIpc) is 2.88. The summed E-state index contributed by atoms with van der Waals surface area (Å²) in [6.45, 7) is 3.97. The van der Waals surface area contributed by atoms with Crippen LogP contribution in [0, 0.1) is 5.82 Å². The number of benzene rings is 2. The molecule has 0 atom stereocenters. The summed E-state index contributed by atoms with van der Waals surface area (Å²) >= 11 is 1.18.